The summed E-state index contributed by atoms with van der Waals surface area (Å²) >= 11 is 0. The number of nitrogens with two attached hydrogens (primary N) is 1. The molecule has 15 unspecified atom stereocenters. The Morgan fingerprint density at radius 1 is 0.795 bits per heavy atom. The number of urea groups is 1. The number of rotatable bonds is 30. The van der Waals surface area contributed by atoms with E-state index in [9.17, 15) is 63.6 Å². The molecule has 1 heterocycles. The summed E-state index contributed by atoms with van der Waals surface area (Å²) < 4.78 is 43.7. The molecule has 8 aliphatic rings. The second-order valence-corrected chi connectivity index (χ2v) is 36.2. The number of carbonyl (C=O) groups excluding carboxylic acids is 11. The number of benzene rings is 4. The fourth-order valence-electron chi connectivity index (χ4n) is 20.5. The van der Waals surface area contributed by atoms with Gasteiger partial charge in [-0.3, -0.25) is 33.6 Å². The van der Waals surface area contributed by atoms with E-state index < -0.39 is 179 Å². The number of esters is 5. The maximum atomic E-state index is 16.7. The van der Waals surface area contributed by atoms with E-state index in [2.05, 4.69) is 53.8 Å². The number of fused-ring (bicyclic) bond motifs is 6. The lowest BCUT2D eigenvalue weighted by molar-refractivity contribution is -0.341. The van der Waals surface area contributed by atoms with Gasteiger partial charge in [-0.25, -0.2) is 19.2 Å². The number of anilines is 1. The Balaban J connectivity index is 0.743. The zero-order valence-electron chi connectivity index (χ0n) is 71.2. The SMILES string of the molecule is C=C1/C(=C\C=C2/CCC[C@@]3(C)C2CCC3[C@@H](C)/C=C/C(O)C2CC2)C[C@@H](OC(=O)NC(C)(C)C(=O)CC(CCCNC(N)=O)C(=O)Nc2ccc(COC(=O)CC3CC4OCC4(OC(C)=O)C4C(OC(=O)c5ccccc5)C5(O)CC(OC(=O)C(O)C(NC(=O)c6ccccc6)c6ccccc6)C(C)=C(C(OC(C)=O)C(=O)C34C)C5(C)C)cc2)C[C@@H]1O. The van der Waals surface area contributed by atoms with E-state index in [0.717, 1.165) is 64.4 Å². The molecule has 6 saturated carbocycles. The first kappa shape index (κ1) is 90.8. The Morgan fingerprint density at radius 3 is 2.09 bits per heavy atom. The van der Waals surface area contributed by atoms with Gasteiger partial charge in [0, 0.05) is 80.5 Å². The van der Waals surface area contributed by atoms with Gasteiger partial charge in [-0.15, -0.1) is 0 Å². The van der Waals surface area contributed by atoms with Crippen molar-refractivity contribution in [1.29, 1.82) is 0 Å². The van der Waals surface area contributed by atoms with Crippen molar-refractivity contribution in [3.05, 3.63) is 196 Å². The smallest absolute Gasteiger partial charge is 0.408 e. The summed E-state index contributed by atoms with van der Waals surface area (Å²) in [4.78, 5) is 157. The van der Waals surface area contributed by atoms with E-state index in [4.69, 9.17) is 38.9 Å². The summed E-state index contributed by atoms with van der Waals surface area (Å²) in [5.41, 5.74) is -0.654. The topological polar surface area (TPSA) is 407 Å². The monoisotopic (exact) mass is 1680 g/mol. The van der Waals surface area contributed by atoms with Gasteiger partial charge in [-0.2, -0.15) is 0 Å². The summed E-state index contributed by atoms with van der Waals surface area (Å²) in [6, 6.07) is 28.0. The van der Waals surface area contributed by atoms with Crippen LogP contribution in [-0.4, -0.2) is 165 Å². The van der Waals surface area contributed by atoms with E-state index in [-0.39, 0.29) is 91.2 Å². The number of amides is 5. The van der Waals surface area contributed by atoms with Crippen LogP contribution in [0.5, 0.6) is 0 Å². The highest BCUT2D eigenvalue weighted by molar-refractivity contribution is 5.99. The van der Waals surface area contributed by atoms with Crippen molar-refractivity contribution in [3.63, 3.8) is 0 Å². The van der Waals surface area contributed by atoms with Crippen LogP contribution >= 0.6 is 0 Å². The second-order valence-electron chi connectivity index (χ2n) is 36.2. The van der Waals surface area contributed by atoms with E-state index in [0.29, 0.717) is 40.4 Å². The molecule has 2 bridgehead atoms. The van der Waals surface area contributed by atoms with Gasteiger partial charge in [0.05, 0.1) is 41.9 Å². The molecule has 19 atom stereocenters. The number of allylic oxidation sites excluding steroid dienone is 4. The van der Waals surface area contributed by atoms with Crippen LogP contribution in [0.3, 0.4) is 0 Å². The Morgan fingerprint density at radius 2 is 1.46 bits per heavy atom. The lowest BCUT2D eigenvalue weighted by atomic mass is 9.42. The molecule has 4 aromatic carbocycles. The van der Waals surface area contributed by atoms with Crippen molar-refractivity contribution >= 4 is 71.0 Å². The highest BCUT2D eigenvalue weighted by Crippen LogP contribution is 2.67. The summed E-state index contributed by atoms with van der Waals surface area (Å²) in [5, 5.41) is 59.2. The summed E-state index contributed by atoms with van der Waals surface area (Å²) in [6.45, 7) is 19.4. The molecule has 27 heteroatoms. The van der Waals surface area contributed by atoms with Crippen LogP contribution in [0.1, 0.15) is 203 Å². The minimum atomic E-state index is -2.55. The van der Waals surface area contributed by atoms with Crippen LogP contribution in [0.15, 0.2) is 174 Å². The quantitative estimate of drug-likeness (QED) is 0.0101. The third-order valence-corrected chi connectivity index (χ3v) is 27.6. The number of aliphatic hydroxyl groups is 4. The summed E-state index contributed by atoms with van der Waals surface area (Å²) in [6.07, 6.45) is 2.85. The normalized spacial score (nSPS) is 29.7. The van der Waals surface area contributed by atoms with Gasteiger partial charge in [-0.1, -0.05) is 150 Å². The maximum Gasteiger partial charge on any atom is 0.408 e. The molecule has 27 nitrogen and oxygen atoms in total. The maximum absolute atomic E-state index is 16.7. The summed E-state index contributed by atoms with van der Waals surface area (Å²) in [7, 11) is 0. The van der Waals surface area contributed by atoms with Gasteiger partial charge in [0.1, 0.15) is 36.6 Å². The molecule has 0 aromatic heterocycles. The molecule has 1 saturated heterocycles. The zero-order chi connectivity index (χ0) is 88.1. The Labute approximate surface area is 711 Å². The van der Waals surface area contributed by atoms with Gasteiger partial charge in [0.2, 0.25) is 5.91 Å². The number of nitrogens with one attached hydrogen (secondary N) is 4. The van der Waals surface area contributed by atoms with E-state index in [1.165, 1.54) is 59.2 Å². The van der Waals surface area contributed by atoms with Crippen molar-refractivity contribution in [3.8, 4) is 0 Å². The third-order valence-electron chi connectivity index (χ3n) is 27.6. The number of primary amides is 1. The van der Waals surface area contributed by atoms with Crippen molar-refractivity contribution in [2.24, 2.45) is 63.4 Å². The van der Waals surface area contributed by atoms with Crippen LogP contribution < -0.4 is 27.0 Å². The minimum absolute atomic E-state index is 0.00479. The highest BCUT2D eigenvalue weighted by atomic mass is 16.6. The second kappa shape index (κ2) is 37.3. The zero-order valence-corrected chi connectivity index (χ0v) is 71.2. The number of ether oxygens (including phenoxy) is 7. The standard InChI is InChI=1S/C95H117N5O22/c1-53(31-42-71(103)60-35-36-60)69-40-41-70-59(29-21-43-92(69,70)10)34-37-64-45-68(49-72(104)54(64)2)119-89(114)100-91(8,9)74(105)46-65(30-22-44-97-88(96)113)85(110)98-67-38-32-58(33-39-67)51-116-76(106)48-66-47-75-94(52-117-75,122-57(5)102)81-83(121-86(111)63-27-19-14-20-28-63)95(115)50-73(55(3)77(90(95,6)7)80(118-56(4)101)82(108)93(66,81)11)120-87(112)79(107)78(61-23-15-12-16-24-61)99-84(109)62-25-17-13-18-26-62/h12-20,23-28,31-34,37-39,42,53,60,65-66,68-73,75,78-81,83,103-104,107,115H,2,21-22,29-30,35-36,40-41,43-52H2,1,3-11H3,(H,98,110)(H,99,109)(H,100,114)(H3,96,97,113)/b42-31+,59-34+,64-37-/t53-,65?,66?,68+,69?,70?,71?,72-,73?,75?,78?,79?,80?,81?,83?,92+,93?,94?,95?/m0/s1. The van der Waals surface area contributed by atoms with E-state index in [1.807, 2.05) is 12.2 Å². The third kappa shape index (κ3) is 19.3. The molecule has 654 valence electrons. The van der Waals surface area contributed by atoms with Gasteiger partial charge < -0.3 is 80.6 Å². The van der Waals surface area contributed by atoms with Crippen LogP contribution in [-0.2, 0) is 73.3 Å². The number of alkyl carbamates (subject to hydrolysis) is 1. The molecular formula is C95H117N5O22. The molecule has 5 amide bonds. The first-order valence-electron chi connectivity index (χ1n) is 42.6. The van der Waals surface area contributed by atoms with Crippen LogP contribution in [0.25, 0.3) is 0 Å². The molecule has 10 N–H and O–H groups in total. The number of ketones is 2. The lowest BCUT2D eigenvalue weighted by Gasteiger charge is -2.68. The number of hydrogen-bond acceptors (Lipinski definition) is 22. The molecule has 0 radical (unpaired) electrons. The first-order valence-corrected chi connectivity index (χ1v) is 42.6. The largest absolute Gasteiger partial charge is 0.461 e. The van der Waals surface area contributed by atoms with Gasteiger partial charge >= 0.3 is 42.0 Å². The van der Waals surface area contributed by atoms with Crippen LogP contribution in [0.4, 0.5) is 15.3 Å². The van der Waals surface area contributed by atoms with Gasteiger partial charge in [0.15, 0.2) is 29.4 Å². The van der Waals surface area contributed by atoms with Crippen molar-refractivity contribution in [1.82, 2.24) is 16.0 Å². The summed E-state index contributed by atoms with van der Waals surface area (Å²) in [5.74, 6) is -9.97. The Hall–Kier alpha value is -10.5. The average molecular weight is 1680 g/mol. The first-order chi connectivity index (χ1) is 57.8. The Bertz CT molecular complexity index is 4750. The van der Waals surface area contributed by atoms with E-state index >= 15 is 9.59 Å². The van der Waals surface area contributed by atoms with Crippen molar-refractivity contribution in [2.45, 2.75) is 244 Å². The fourth-order valence-corrected chi connectivity index (χ4v) is 20.5. The van der Waals surface area contributed by atoms with Crippen LogP contribution in [0, 0.1) is 57.7 Å². The lowest BCUT2D eigenvalue weighted by Crippen LogP contribution is -2.81. The molecule has 7 aliphatic carbocycles. The van der Waals surface area contributed by atoms with Crippen molar-refractivity contribution in [2.75, 3.05) is 18.5 Å². The number of hydrogen-bond donors (Lipinski definition) is 9. The molecule has 7 fully saturated rings. The molecule has 0 spiro atoms. The number of Topliss-reactive ketones (excluding diaryl/α,β-unsaturated/α-hetero) is 2. The molecular weight excluding hydrogens is 1560 g/mol. The van der Waals surface area contributed by atoms with Gasteiger partial charge in [0.25, 0.3) is 5.91 Å². The fraction of sp³-hybridized carbons (Fsp3) is 0.526. The van der Waals surface area contributed by atoms with Gasteiger partial charge in [-0.05, 0) is 190 Å². The average Bonchev–Trinajstić information content (AvgIpc) is 0.723. The Kier molecular flexibility index (Phi) is 27.8. The number of carbonyl (C=O) groups is 11. The molecule has 12 rings (SSSR count). The van der Waals surface area contributed by atoms with Crippen LogP contribution in [0.2, 0.25) is 0 Å². The minimum Gasteiger partial charge on any atom is -0.461 e. The predicted octanol–water partition coefficient (Wildman–Crippen LogP) is 11.7. The molecule has 1 aliphatic heterocycles. The van der Waals surface area contributed by atoms with E-state index in [1.54, 1.807) is 103 Å². The predicted molar refractivity (Wildman–Crippen MR) is 448 cm³/mol. The van der Waals surface area contributed by atoms with Crippen molar-refractivity contribution < 1.29 is 106 Å². The molecule has 4 aromatic rings. The molecule has 122 heavy (non-hydrogen) atoms. The highest BCUT2D eigenvalue weighted by Gasteiger charge is 2.78. The number of aliphatic hydroxyl groups excluding tert-OH is 3.